The largest absolute Gasteiger partial charge is 0.474 e. The number of thiazole rings is 1. The topological polar surface area (TPSA) is 62.1 Å². The molecule has 2 aromatic rings. The van der Waals surface area contributed by atoms with Gasteiger partial charge in [0.25, 0.3) is 0 Å². The van der Waals surface area contributed by atoms with Crippen LogP contribution < -0.4 is 4.74 Å². The predicted octanol–water partition coefficient (Wildman–Crippen LogP) is 1.64. The normalized spacial score (nSPS) is 11.0. The maximum Gasteiger partial charge on any atom is 0.244 e. The van der Waals surface area contributed by atoms with E-state index in [1.54, 1.807) is 17.7 Å². The zero-order valence-corrected chi connectivity index (χ0v) is 11.5. The van der Waals surface area contributed by atoms with E-state index in [9.17, 15) is 4.79 Å². The molecule has 0 fully saturated rings. The number of hydrogen-bond acceptors (Lipinski definition) is 6. The lowest BCUT2D eigenvalue weighted by molar-refractivity contribution is 0.0792. The van der Waals surface area contributed by atoms with Crippen molar-refractivity contribution in [3.8, 4) is 5.88 Å². The molecule has 0 atom stereocenters. The van der Waals surface area contributed by atoms with Gasteiger partial charge in [-0.05, 0) is 6.42 Å². The standard InChI is InChI=1S/C12H16N2O4S/c1-16-4-2-5-17-6-7-18-11-10(9-15)14-3-8-19-12(14)13-11/h3,8-9H,2,4-7H2,1H3. The van der Waals surface area contributed by atoms with Crippen molar-refractivity contribution in [3.63, 3.8) is 0 Å². The van der Waals surface area contributed by atoms with Crippen molar-refractivity contribution in [1.82, 2.24) is 9.38 Å². The molecule has 104 valence electrons. The molecule has 0 amide bonds. The van der Waals surface area contributed by atoms with Crippen LogP contribution in [-0.4, -0.2) is 49.2 Å². The highest BCUT2D eigenvalue weighted by Crippen LogP contribution is 2.21. The molecular weight excluding hydrogens is 268 g/mol. The highest BCUT2D eigenvalue weighted by atomic mass is 32.1. The van der Waals surface area contributed by atoms with Gasteiger partial charge in [-0.2, -0.15) is 4.98 Å². The number of imidazole rings is 1. The Kier molecular flexibility index (Phi) is 5.31. The van der Waals surface area contributed by atoms with E-state index in [0.717, 1.165) is 17.7 Å². The van der Waals surface area contributed by atoms with Crippen LogP contribution >= 0.6 is 11.3 Å². The van der Waals surface area contributed by atoms with Crippen LogP contribution in [0.1, 0.15) is 16.9 Å². The predicted molar refractivity (Wildman–Crippen MR) is 71.3 cm³/mol. The van der Waals surface area contributed by atoms with Crippen molar-refractivity contribution in [2.24, 2.45) is 0 Å². The average Bonchev–Trinajstić information content (AvgIpc) is 2.97. The molecule has 0 aliphatic carbocycles. The molecule has 2 aromatic heterocycles. The Balaban J connectivity index is 1.78. The van der Waals surface area contributed by atoms with E-state index < -0.39 is 0 Å². The molecular formula is C12H16N2O4S. The minimum absolute atomic E-state index is 0.363. The lowest BCUT2D eigenvalue weighted by Gasteiger charge is -2.05. The van der Waals surface area contributed by atoms with E-state index in [-0.39, 0.29) is 0 Å². The van der Waals surface area contributed by atoms with Gasteiger partial charge in [0, 0.05) is 31.9 Å². The van der Waals surface area contributed by atoms with Crippen molar-refractivity contribution in [3.05, 3.63) is 17.3 Å². The van der Waals surface area contributed by atoms with Crippen LogP contribution in [0, 0.1) is 0 Å². The Labute approximate surface area is 114 Å². The molecule has 7 heteroatoms. The number of nitrogens with zero attached hydrogens (tertiary/aromatic N) is 2. The minimum Gasteiger partial charge on any atom is -0.474 e. The molecule has 0 saturated carbocycles. The van der Waals surface area contributed by atoms with Crippen molar-refractivity contribution < 1.29 is 19.0 Å². The van der Waals surface area contributed by atoms with Crippen LogP contribution in [0.4, 0.5) is 0 Å². The Morgan fingerprint density at radius 3 is 3.05 bits per heavy atom. The molecule has 0 aliphatic rings. The molecule has 2 rings (SSSR count). The van der Waals surface area contributed by atoms with E-state index in [2.05, 4.69) is 4.98 Å². The summed E-state index contributed by atoms with van der Waals surface area (Å²) in [6, 6.07) is 0. The summed E-state index contributed by atoms with van der Waals surface area (Å²) in [7, 11) is 1.66. The number of aldehydes is 1. The number of hydrogen-bond donors (Lipinski definition) is 0. The number of ether oxygens (including phenoxy) is 3. The quantitative estimate of drug-likeness (QED) is 0.517. The van der Waals surface area contributed by atoms with Gasteiger partial charge >= 0.3 is 0 Å². The van der Waals surface area contributed by atoms with Crippen LogP contribution in [0.5, 0.6) is 5.88 Å². The highest BCUT2D eigenvalue weighted by molar-refractivity contribution is 7.15. The van der Waals surface area contributed by atoms with E-state index in [0.29, 0.717) is 38.0 Å². The zero-order valence-electron chi connectivity index (χ0n) is 10.7. The number of aromatic nitrogens is 2. The summed E-state index contributed by atoms with van der Waals surface area (Å²) < 4.78 is 17.5. The zero-order chi connectivity index (χ0) is 13.5. The molecule has 0 bridgehead atoms. The SMILES string of the molecule is COCCCOCCOc1nc2sccn2c1C=O. The Hall–Kier alpha value is -1.44. The van der Waals surface area contributed by atoms with Crippen molar-refractivity contribution >= 4 is 22.6 Å². The van der Waals surface area contributed by atoms with Gasteiger partial charge in [0.15, 0.2) is 16.9 Å². The van der Waals surface area contributed by atoms with E-state index >= 15 is 0 Å². The molecule has 0 radical (unpaired) electrons. The van der Waals surface area contributed by atoms with E-state index in [1.807, 2.05) is 5.38 Å². The average molecular weight is 284 g/mol. The minimum atomic E-state index is 0.363. The van der Waals surface area contributed by atoms with Crippen molar-refractivity contribution in [1.29, 1.82) is 0 Å². The van der Waals surface area contributed by atoms with Gasteiger partial charge in [0.2, 0.25) is 5.88 Å². The summed E-state index contributed by atoms with van der Waals surface area (Å²) >= 11 is 1.46. The molecule has 0 unspecified atom stereocenters. The first-order valence-electron chi connectivity index (χ1n) is 5.97. The van der Waals surface area contributed by atoms with Gasteiger partial charge in [0.1, 0.15) is 6.61 Å². The Morgan fingerprint density at radius 2 is 2.26 bits per heavy atom. The van der Waals surface area contributed by atoms with E-state index in [4.69, 9.17) is 14.2 Å². The highest BCUT2D eigenvalue weighted by Gasteiger charge is 2.13. The summed E-state index contributed by atoms with van der Waals surface area (Å²) in [6.07, 6.45) is 3.41. The smallest absolute Gasteiger partial charge is 0.244 e. The first-order chi connectivity index (χ1) is 9.36. The Morgan fingerprint density at radius 1 is 1.37 bits per heavy atom. The monoisotopic (exact) mass is 284 g/mol. The second kappa shape index (κ2) is 7.22. The summed E-state index contributed by atoms with van der Waals surface area (Å²) in [6.45, 7) is 2.16. The Bertz CT molecular complexity index is 523. The third-order valence-electron chi connectivity index (χ3n) is 2.48. The lowest BCUT2D eigenvalue weighted by Crippen LogP contribution is -2.09. The maximum absolute atomic E-state index is 11.0. The number of carbonyl (C=O) groups is 1. The molecule has 0 aliphatic heterocycles. The second-order valence-corrected chi connectivity index (χ2v) is 4.66. The second-order valence-electron chi connectivity index (χ2n) is 3.78. The van der Waals surface area contributed by atoms with Crippen LogP contribution in [-0.2, 0) is 9.47 Å². The summed E-state index contributed by atoms with van der Waals surface area (Å²) in [5.41, 5.74) is 0.440. The summed E-state index contributed by atoms with van der Waals surface area (Å²) in [4.78, 5) is 16.0. The van der Waals surface area contributed by atoms with Gasteiger partial charge in [-0.1, -0.05) is 0 Å². The molecule has 19 heavy (non-hydrogen) atoms. The van der Waals surface area contributed by atoms with Crippen LogP contribution in [0.15, 0.2) is 11.6 Å². The molecule has 0 N–H and O–H groups in total. The first kappa shape index (κ1) is 14.0. The molecule has 0 spiro atoms. The van der Waals surface area contributed by atoms with Gasteiger partial charge in [-0.25, -0.2) is 0 Å². The first-order valence-corrected chi connectivity index (χ1v) is 6.85. The summed E-state index contributed by atoms with van der Waals surface area (Å²) in [5, 5.41) is 1.87. The number of methoxy groups -OCH3 is 1. The van der Waals surface area contributed by atoms with Crippen molar-refractivity contribution in [2.75, 3.05) is 33.5 Å². The van der Waals surface area contributed by atoms with Crippen LogP contribution in [0.25, 0.3) is 4.96 Å². The fourth-order valence-electron chi connectivity index (χ4n) is 1.60. The fourth-order valence-corrected chi connectivity index (χ4v) is 2.31. The number of carbonyl (C=O) groups excluding carboxylic acids is 1. The molecule has 6 nitrogen and oxygen atoms in total. The number of fused-ring (bicyclic) bond motifs is 1. The van der Waals surface area contributed by atoms with Crippen LogP contribution in [0.2, 0.25) is 0 Å². The third kappa shape index (κ3) is 3.52. The van der Waals surface area contributed by atoms with Crippen LogP contribution in [0.3, 0.4) is 0 Å². The van der Waals surface area contributed by atoms with Gasteiger partial charge < -0.3 is 14.2 Å². The summed E-state index contributed by atoms with van der Waals surface area (Å²) in [5.74, 6) is 0.363. The van der Waals surface area contributed by atoms with E-state index in [1.165, 1.54) is 11.3 Å². The third-order valence-corrected chi connectivity index (χ3v) is 3.24. The van der Waals surface area contributed by atoms with Crippen molar-refractivity contribution in [2.45, 2.75) is 6.42 Å². The number of rotatable bonds is 9. The molecule has 2 heterocycles. The fraction of sp³-hybridized carbons (Fsp3) is 0.500. The lowest BCUT2D eigenvalue weighted by atomic mass is 10.5. The maximum atomic E-state index is 11.0. The molecule has 0 saturated heterocycles. The van der Waals surface area contributed by atoms with Gasteiger partial charge in [-0.3, -0.25) is 9.20 Å². The van der Waals surface area contributed by atoms with Gasteiger partial charge in [0.05, 0.1) is 6.61 Å². The van der Waals surface area contributed by atoms with Gasteiger partial charge in [-0.15, -0.1) is 11.3 Å². The molecule has 0 aromatic carbocycles.